The number of hydrogen-bond donors (Lipinski definition) is 1. The number of hydrogen-bond acceptors (Lipinski definition) is 6. The molecule has 14 heteroatoms. The highest BCUT2D eigenvalue weighted by Gasteiger charge is 2.35. The molecule has 3 aromatic rings. The summed E-state index contributed by atoms with van der Waals surface area (Å²) in [5.74, 6) is -0.575. The minimum atomic E-state index is -4.62. The number of nitrogens with zero attached hydrogens (tertiary/aromatic N) is 4. The van der Waals surface area contributed by atoms with Crippen LogP contribution in [0, 0.1) is 0 Å². The number of pyridine rings is 1. The lowest BCUT2D eigenvalue weighted by molar-refractivity contribution is -0.137. The van der Waals surface area contributed by atoms with Crippen LogP contribution in [0.4, 0.5) is 13.2 Å². The zero-order chi connectivity index (χ0) is 29.1. The van der Waals surface area contributed by atoms with Crippen LogP contribution in [-0.2, 0) is 25.6 Å². The molecule has 1 N–H and O–H groups in total. The Morgan fingerprint density at radius 3 is 2.50 bits per heavy atom. The molecule has 1 aromatic heterocycles. The first-order chi connectivity index (χ1) is 19.6. The summed E-state index contributed by atoms with van der Waals surface area (Å²) < 4.78 is 45.8. The zero-order valence-corrected chi connectivity index (χ0v) is 27.1. The highest BCUT2D eigenvalue weighted by molar-refractivity contribution is 6.32. The second-order valence-corrected chi connectivity index (χ2v) is 10.9. The van der Waals surface area contributed by atoms with Crippen LogP contribution in [0.25, 0.3) is 0 Å². The molecule has 1 amide bonds. The molecule has 1 saturated heterocycles. The van der Waals surface area contributed by atoms with E-state index in [-0.39, 0.29) is 65.3 Å². The molecule has 0 radical (unpaired) electrons. The average molecular weight is 698 g/mol. The van der Waals surface area contributed by atoms with Crippen LogP contribution in [0.15, 0.2) is 54.7 Å². The highest BCUT2D eigenvalue weighted by atomic mass is 35.5. The Hall–Kier alpha value is -2.47. The zero-order valence-electron chi connectivity index (χ0n) is 23.9. The number of phenolic OH excluding ortho intramolecular Hbond substituents is 1. The fraction of sp³-hybridized carbons (Fsp3) is 0.400. The lowest BCUT2D eigenvalue weighted by Gasteiger charge is -2.42. The summed E-state index contributed by atoms with van der Waals surface area (Å²) in [6.45, 7) is 4.89. The number of aromatic nitrogens is 1. The van der Waals surface area contributed by atoms with Crippen LogP contribution < -0.4 is 4.74 Å². The molecule has 0 unspecified atom stereocenters. The van der Waals surface area contributed by atoms with Gasteiger partial charge in [0.2, 0.25) is 0 Å². The van der Waals surface area contributed by atoms with Crippen molar-refractivity contribution in [1.29, 1.82) is 0 Å². The first-order valence-electron chi connectivity index (χ1n) is 13.5. The molecule has 0 saturated carbocycles. The summed E-state index contributed by atoms with van der Waals surface area (Å²) in [6.07, 6.45) is -1.48. The van der Waals surface area contributed by atoms with Crippen molar-refractivity contribution in [3.63, 3.8) is 0 Å². The van der Waals surface area contributed by atoms with Gasteiger partial charge >= 0.3 is 6.18 Å². The molecule has 1 fully saturated rings. The molecule has 2 aliphatic heterocycles. The van der Waals surface area contributed by atoms with E-state index in [9.17, 15) is 23.1 Å². The van der Waals surface area contributed by atoms with Crippen LogP contribution in [0.3, 0.4) is 0 Å². The van der Waals surface area contributed by atoms with Gasteiger partial charge in [-0.15, -0.1) is 37.2 Å². The van der Waals surface area contributed by atoms with Gasteiger partial charge in [0.05, 0.1) is 17.7 Å². The minimum Gasteiger partial charge on any atom is -0.506 e. The Morgan fingerprint density at radius 1 is 1.05 bits per heavy atom. The number of aromatic hydroxyl groups is 1. The molecule has 2 aromatic carbocycles. The number of methoxy groups -OCH3 is 1. The second-order valence-electron chi connectivity index (χ2n) is 10.5. The van der Waals surface area contributed by atoms with Gasteiger partial charge in [-0.05, 0) is 53.9 Å². The lowest BCUT2D eigenvalue weighted by Crippen LogP contribution is -2.57. The monoisotopic (exact) mass is 696 g/mol. The van der Waals surface area contributed by atoms with Gasteiger partial charge in [-0.2, -0.15) is 13.2 Å². The number of carbonyl (C=O) groups excluding carboxylic acids is 1. The molecule has 0 bridgehead atoms. The number of piperazine rings is 1. The molecule has 5 rings (SSSR count). The molecule has 3 heterocycles. The third kappa shape index (κ3) is 9.05. The molecule has 0 aliphatic carbocycles. The predicted octanol–water partition coefficient (Wildman–Crippen LogP) is 6.16. The Morgan fingerprint density at radius 2 is 1.80 bits per heavy atom. The van der Waals surface area contributed by atoms with Crippen LogP contribution in [0.2, 0.25) is 5.02 Å². The van der Waals surface area contributed by atoms with Crippen molar-refractivity contribution < 1.29 is 27.8 Å². The quantitative estimate of drug-likeness (QED) is 0.319. The van der Waals surface area contributed by atoms with Crippen molar-refractivity contribution in [2.24, 2.45) is 0 Å². The number of carbonyl (C=O) groups is 1. The largest absolute Gasteiger partial charge is 0.506 e. The SMILES string of the molecule is COc1cc(C(=O)N2CCN(CCN3CCc4ncccc4C3)C[C@H]2Cc2ccc(Cl)c(O)c2)cc(C(F)(F)F)c1.Cl.Cl.Cl. The summed E-state index contributed by atoms with van der Waals surface area (Å²) in [7, 11) is 1.27. The van der Waals surface area contributed by atoms with Gasteiger partial charge in [0, 0.05) is 75.7 Å². The number of ether oxygens (including phenoxy) is 1. The molecule has 2 aliphatic rings. The van der Waals surface area contributed by atoms with Crippen molar-refractivity contribution >= 4 is 54.7 Å². The number of fused-ring (bicyclic) bond motifs is 1. The van der Waals surface area contributed by atoms with Gasteiger partial charge in [0.25, 0.3) is 5.91 Å². The van der Waals surface area contributed by atoms with Crippen LogP contribution in [-0.4, -0.2) is 83.1 Å². The molecular formula is C30H35Cl4F3N4O3. The Bertz CT molecular complexity index is 1420. The third-order valence-electron chi connectivity index (χ3n) is 7.80. The van der Waals surface area contributed by atoms with E-state index < -0.39 is 17.6 Å². The maximum absolute atomic E-state index is 13.7. The number of amides is 1. The van der Waals surface area contributed by atoms with E-state index in [4.69, 9.17) is 16.3 Å². The van der Waals surface area contributed by atoms with Crippen molar-refractivity contribution in [3.05, 3.63) is 87.7 Å². The molecule has 242 valence electrons. The van der Waals surface area contributed by atoms with Crippen LogP contribution in [0.1, 0.15) is 32.7 Å². The Balaban J connectivity index is 0.00000225. The highest BCUT2D eigenvalue weighted by Crippen LogP contribution is 2.33. The van der Waals surface area contributed by atoms with Crippen LogP contribution >= 0.6 is 48.8 Å². The summed E-state index contributed by atoms with van der Waals surface area (Å²) in [5.41, 5.74) is 2.16. The van der Waals surface area contributed by atoms with Gasteiger partial charge in [-0.25, -0.2) is 0 Å². The molecular weight excluding hydrogens is 663 g/mol. The van der Waals surface area contributed by atoms with Crippen molar-refractivity contribution in [2.75, 3.05) is 46.4 Å². The Labute approximate surface area is 278 Å². The van der Waals surface area contributed by atoms with E-state index in [1.807, 2.05) is 12.3 Å². The number of phenols is 1. The van der Waals surface area contributed by atoms with Gasteiger partial charge < -0.3 is 14.7 Å². The van der Waals surface area contributed by atoms with E-state index in [0.29, 0.717) is 26.1 Å². The maximum atomic E-state index is 13.7. The molecule has 44 heavy (non-hydrogen) atoms. The average Bonchev–Trinajstić information content (AvgIpc) is 2.97. The molecule has 1 atom stereocenters. The summed E-state index contributed by atoms with van der Waals surface area (Å²) in [5, 5.41) is 10.4. The molecule has 7 nitrogen and oxygen atoms in total. The van der Waals surface area contributed by atoms with Gasteiger partial charge in [0.15, 0.2) is 0 Å². The van der Waals surface area contributed by atoms with Crippen molar-refractivity contribution in [1.82, 2.24) is 19.7 Å². The van der Waals surface area contributed by atoms with Gasteiger partial charge in [-0.3, -0.25) is 19.6 Å². The van der Waals surface area contributed by atoms with E-state index in [1.54, 1.807) is 23.1 Å². The topological polar surface area (TPSA) is 69.1 Å². The van der Waals surface area contributed by atoms with Crippen LogP contribution in [0.5, 0.6) is 11.5 Å². The smallest absolute Gasteiger partial charge is 0.416 e. The number of rotatable bonds is 7. The lowest BCUT2D eigenvalue weighted by atomic mass is 9.99. The number of halogens is 7. The standard InChI is InChI=1S/C30H32ClF3N4O3.3ClH/c1-41-25-16-22(15-23(17-25)30(32,33)34)29(40)38-12-11-37(19-24(38)13-20-4-5-26(31)28(39)14-20)10-9-36-8-6-27-21(18-36)3-2-7-35-27;;;/h2-5,7,14-17,24,39H,6,8-13,18-19H2,1H3;3*1H/t24-;;;/m1.../s1. The summed E-state index contributed by atoms with van der Waals surface area (Å²) in [6, 6.07) is 11.8. The second kappa shape index (κ2) is 16.2. The summed E-state index contributed by atoms with van der Waals surface area (Å²) >= 11 is 6.00. The van der Waals surface area contributed by atoms with E-state index in [0.717, 1.165) is 56.0 Å². The first-order valence-corrected chi connectivity index (χ1v) is 13.9. The fourth-order valence-electron chi connectivity index (χ4n) is 5.59. The van der Waals surface area contributed by atoms with E-state index in [1.165, 1.54) is 18.7 Å². The summed E-state index contributed by atoms with van der Waals surface area (Å²) in [4.78, 5) is 24.5. The fourth-order valence-corrected chi connectivity index (χ4v) is 5.71. The third-order valence-corrected chi connectivity index (χ3v) is 8.12. The van der Waals surface area contributed by atoms with Crippen molar-refractivity contribution in [3.8, 4) is 11.5 Å². The molecule has 0 spiro atoms. The van der Waals surface area contributed by atoms with E-state index in [2.05, 4.69) is 20.9 Å². The number of benzene rings is 2. The predicted molar refractivity (Wildman–Crippen MR) is 171 cm³/mol. The van der Waals surface area contributed by atoms with Gasteiger partial charge in [0.1, 0.15) is 11.5 Å². The normalized spacial score (nSPS) is 17.0. The maximum Gasteiger partial charge on any atom is 0.416 e. The number of alkyl halides is 3. The van der Waals surface area contributed by atoms with Gasteiger partial charge in [-0.1, -0.05) is 23.7 Å². The Kier molecular flexibility index (Phi) is 13.9. The van der Waals surface area contributed by atoms with Crippen molar-refractivity contribution in [2.45, 2.75) is 31.6 Å². The van der Waals surface area contributed by atoms with E-state index >= 15 is 0 Å². The minimum absolute atomic E-state index is 0. The first kappa shape index (κ1) is 37.7.